The van der Waals surface area contributed by atoms with Gasteiger partial charge < -0.3 is 19.2 Å². The Labute approximate surface area is 166 Å². The Hall–Kier alpha value is -2.67. The highest BCUT2D eigenvalue weighted by molar-refractivity contribution is 9.10. The fourth-order valence-electron chi connectivity index (χ4n) is 2.39. The van der Waals surface area contributed by atoms with Gasteiger partial charge in [-0.15, -0.1) is 0 Å². The first-order chi connectivity index (χ1) is 13.2. The second kappa shape index (κ2) is 7.75. The van der Waals surface area contributed by atoms with Gasteiger partial charge in [0.15, 0.2) is 0 Å². The Morgan fingerprint density at radius 2 is 1.82 bits per heavy atom. The molecule has 3 rings (SSSR count). The van der Waals surface area contributed by atoms with E-state index >= 15 is 0 Å². The second-order valence-corrected chi connectivity index (χ2v) is 7.79. The number of aromatic amines is 1. The van der Waals surface area contributed by atoms with Crippen LogP contribution in [-0.2, 0) is 10.0 Å². The summed E-state index contributed by atoms with van der Waals surface area (Å²) in [5.41, 5.74) is 0.589. The van der Waals surface area contributed by atoms with Crippen molar-refractivity contribution in [2.24, 2.45) is 0 Å². The van der Waals surface area contributed by atoms with Crippen LogP contribution in [0.25, 0.3) is 10.9 Å². The normalized spacial score (nSPS) is 11.6. The quantitative estimate of drug-likeness (QED) is 0.535. The van der Waals surface area contributed by atoms with E-state index in [4.69, 9.17) is 9.47 Å². The van der Waals surface area contributed by atoms with Crippen LogP contribution < -0.4 is 18.9 Å². The highest BCUT2D eigenvalue weighted by atomic mass is 79.9. The van der Waals surface area contributed by atoms with Crippen LogP contribution in [0.15, 0.2) is 33.8 Å². The molecule has 0 saturated carbocycles. The van der Waals surface area contributed by atoms with Crippen molar-refractivity contribution in [1.29, 1.82) is 0 Å². The van der Waals surface area contributed by atoms with Gasteiger partial charge in [0, 0.05) is 21.6 Å². The van der Waals surface area contributed by atoms with E-state index in [0.717, 1.165) is 18.7 Å². The van der Waals surface area contributed by atoms with Gasteiger partial charge in [0.25, 0.3) is 21.8 Å². The van der Waals surface area contributed by atoms with Gasteiger partial charge in [-0.2, -0.15) is 18.7 Å². The summed E-state index contributed by atoms with van der Waals surface area (Å²) < 4.78 is 67.7. The Morgan fingerprint density at radius 3 is 2.39 bits per heavy atom. The average molecular weight is 479 g/mol. The van der Waals surface area contributed by atoms with Crippen molar-refractivity contribution in [1.82, 2.24) is 15.0 Å². The number of alkyl halides is 2. The van der Waals surface area contributed by atoms with Gasteiger partial charge in [-0.1, -0.05) is 22.0 Å². The summed E-state index contributed by atoms with van der Waals surface area (Å²) in [5.74, 6) is -1.85. The minimum absolute atomic E-state index is 0.0514. The van der Waals surface area contributed by atoms with Crippen molar-refractivity contribution >= 4 is 42.8 Å². The maximum Gasteiger partial charge on any atom is 0.387 e. The molecule has 1 aromatic carbocycles. The van der Waals surface area contributed by atoms with Crippen LogP contribution in [0.4, 0.5) is 14.7 Å². The third kappa shape index (κ3) is 3.94. The van der Waals surface area contributed by atoms with E-state index in [-0.39, 0.29) is 4.90 Å². The van der Waals surface area contributed by atoms with E-state index in [1.807, 2.05) is 0 Å². The molecule has 28 heavy (non-hydrogen) atoms. The molecule has 0 aliphatic rings. The summed E-state index contributed by atoms with van der Waals surface area (Å²) >= 11 is 3.30. The minimum Gasteiger partial charge on any atom is -0.478 e. The Kier molecular flexibility index (Phi) is 5.56. The molecule has 0 radical (unpaired) electrons. The molecular weight excluding hydrogens is 466 g/mol. The number of methoxy groups -OCH3 is 2. The van der Waals surface area contributed by atoms with Gasteiger partial charge in [-0.25, -0.2) is 13.1 Å². The molecule has 0 fully saturated rings. The lowest BCUT2D eigenvalue weighted by molar-refractivity contribution is -0.0533. The van der Waals surface area contributed by atoms with Gasteiger partial charge >= 0.3 is 6.61 Å². The number of rotatable bonds is 7. The Morgan fingerprint density at radius 1 is 1.18 bits per heavy atom. The van der Waals surface area contributed by atoms with Gasteiger partial charge in [0.2, 0.25) is 11.7 Å². The molecule has 0 unspecified atom stereocenters. The van der Waals surface area contributed by atoms with Crippen molar-refractivity contribution in [3.8, 4) is 17.5 Å². The predicted octanol–water partition coefficient (Wildman–Crippen LogP) is 3.14. The summed E-state index contributed by atoms with van der Waals surface area (Å²) in [6, 6.07) is 5.02. The summed E-state index contributed by atoms with van der Waals surface area (Å²) in [7, 11) is -1.82. The number of hydrogen-bond donors (Lipinski definition) is 2. The van der Waals surface area contributed by atoms with E-state index < -0.39 is 40.1 Å². The molecule has 0 bridgehead atoms. The predicted molar refractivity (Wildman–Crippen MR) is 98.6 cm³/mol. The lowest BCUT2D eigenvalue weighted by Gasteiger charge is -2.14. The molecule has 0 atom stereocenters. The van der Waals surface area contributed by atoms with Crippen molar-refractivity contribution in [2.75, 3.05) is 18.9 Å². The fourth-order valence-corrected chi connectivity index (χ4v) is 3.88. The van der Waals surface area contributed by atoms with Crippen molar-refractivity contribution in [3.63, 3.8) is 0 Å². The lowest BCUT2D eigenvalue weighted by Crippen LogP contribution is -2.16. The molecule has 2 aromatic heterocycles. The lowest BCUT2D eigenvalue weighted by atomic mass is 10.2. The maximum absolute atomic E-state index is 12.8. The monoisotopic (exact) mass is 478 g/mol. The molecule has 2 N–H and O–H groups in total. The van der Waals surface area contributed by atoms with Crippen molar-refractivity contribution < 1.29 is 31.4 Å². The van der Waals surface area contributed by atoms with Crippen LogP contribution in [0.3, 0.4) is 0 Å². The van der Waals surface area contributed by atoms with E-state index in [2.05, 4.69) is 40.3 Å². The standard InChI is InChI=1S/C15H13BrF2N4O5S/c1-25-12-11(27-14(17)18)13(26-2)21-15(20-12)22-28(23,24)10-6-19-9-5-7(16)3-4-8(9)10/h3-6,14,19H,1-2H3,(H,20,21,22). The number of H-pyrrole nitrogens is 1. The zero-order chi connectivity index (χ0) is 20.5. The number of aromatic nitrogens is 3. The van der Waals surface area contributed by atoms with Gasteiger partial charge in [-0.3, -0.25) is 0 Å². The molecule has 13 heteroatoms. The molecule has 0 saturated heterocycles. The van der Waals surface area contributed by atoms with Crippen LogP contribution in [-0.4, -0.2) is 44.2 Å². The van der Waals surface area contributed by atoms with Crippen molar-refractivity contribution in [3.05, 3.63) is 28.9 Å². The van der Waals surface area contributed by atoms with Crippen molar-refractivity contribution in [2.45, 2.75) is 11.5 Å². The molecule has 150 valence electrons. The number of hydrogen-bond acceptors (Lipinski definition) is 7. The number of anilines is 1. The first kappa shape index (κ1) is 20.1. The smallest absolute Gasteiger partial charge is 0.387 e. The summed E-state index contributed by atoms with van der Waals surface area (Å²) in [5, 5.41) is 0.437. The highest BCUT2D eigenvalue weighted by Crippen LogP contribution is 2.36. The van der Waals surface area contributed by atoms with Crippen LogP contribution in [0.5, 0.6) is 17.5 Å². The second-order valence-electron chi connectivity index (χ2n) is 5.22. The molecule has 2 heterocycles. The fraction of sp³-hybridized carbons (Fsp3) is 0.200. The summed E-state index contributed by atoms with van der Waals surface area (Å²) in [4.78, 5) is 10.3. The summed E-state index contributed by atoms with van der Waals surface area (Å²) in [6.45, 7) is -3.18. The van der Waals surface area contributed by atoms with Crippen LogP contribution in [0.2, 0.25) is 0 Å². The summed E-state index contributed by atoms with van der Waals surface area (Å²) in [6.07, 6.45) is 1.31. The van der Waals surface area contributed by atoms with Gasteiger partial charge in [0.1, 0.15) is 4.90 Å². The van der Waals surface area contributed by atoms with E-state index in [9.17, 15) is 17.2 Å². The number of sulfonamides is 1. The molecular formula is C15H13BrF2N4O5S. The average Bonchev–Trinajstić information content (AvgIpc) is 3.05. The SMILES string of the molecule is COc1nc(NS(=O)(=O)c2c[nH]c3cc(Br)ccc23)nc(OC)c1OC(F)F. The Bertz CT molecular complexity index is 1100. The molecule has 0 aliphatic carbocycles. The maximum atomic E-state index is 12.8. The zero-order valence-electron chi connectivity index (χ0n) is 14.4. The molecule has 0 aliphatic heterocycles. The largest absolute Gasteiger partial charge is 0.478 e. The topological polar surface area (TPSA) is 115 Å². The first-order valence-electron chi connectivity index (χ1n) is 7.49. The molecule has 0 spiro atoms. The first-order valence-corrected chi connectivity index (χ1v) is 9.77. The molecule has 9 nitrogen and oxygen atoms in total. The third-order valence-corrected chi connectivity index (χ3v) is 5.38. The number of ether oxygens (including phenoxy) is 3. The van der Waals surface area contributed by atoms with Crippen LogP contribution >= 0.6 is 15.9 Å². The van der Waals surface area contributed by atoms with Gasteiger partial charge in [-0.05, 0) is 12.1 Å². The van der Waals surface area contributed by atoms with Crippen LogP contribution in [0.1, 0.15) is 0 Å². The van der Waals surface area contributed by atoms with Crippen LogP contribution in [0, 0.1) is 0 Å². The van der Waals surface area contributed by atoms with Gasteiger partial charge in [0.05, 0.1) is 14.2 Å². The number of fused-ring (bicyclic) bond motifs is 1. The Balaban J connectivity index is 2.01. The number of nitrogens with zero attached hydrogens (tertiary/aromatic N) is 2. The number of nitrogens with one attached hydrogen (secondary N) is 2. The third-order valence-electron chi connectivity index (χ3n) is 3.52. The molecule has 3 aromatic rings. The highest BCUT2D eigenvalue weighted by Gasteiger charge is 2.25. The zero-order valence-corrected chi connectivity index (χ0v) is 16.8. The minimum atomic E-state index is -4.12. The van der Waals surface area contributed by atoms with E-state index in [1.54, 1.807) is 18.2 Å². The van der Waals surface area contributed by atoms with E-state index in [0.29, 0.717) is 10.9 Å². The molecule has 0 amide bonds. The van der Waals surface area contributed by atoms with E-state index in [1.165, 1.54) is 6.20 Å². The number of benzene rings is 1. The number of halogens is 3.